The van der Waals surface area contributed by atoms with Crippen LogP contribution >= 0.6 is 11.3 Å². The average molecular weight is 274 g/mol. The zero-order chi connectivity index (χ0) is 14.0. The molecule has 1 heterocycles. The molecular formula is C15H18N2OS. The number of thiazole rings is 1. The van der Waals surface area contributed by atoms with E-state index in [1.165, 1.54) is 16.9 Å². The van der Waals surface area contributed by atoms with Gasteiger partial charge in [0.1, 0.15) is 10.7 Å². The highest BCUT2D eigenvalue weighted by Gasteiger charge is 2.14. The summed E-state index contributed by atoms with van der Waals surface area (Å²) in [6.45, 7) is 5.93. The van der Waals surface area contributed by atoms with E-state index in [2.05, 4.69) is 17.1 Å². The molecule has 2 aromatic rings. The zero-order valence-corrected chi connectivity index (χ0v) is 12.3. The van der Waals surface area contributed by atoms with Crippen LogP contribution in [0.25, 0.3) is 0 Å². The van der Waals surface area contributed by atoms with Crippen LogP contribution in [0.1, 0.15) is 45.2 Å². The molecule has 1 aromatic carbocycles. The summed E-state index contributed by atoms with van der Waals surface area (Å²) in [6.07, 6.45) is 0.398. The zero-order valence-electron chi connectivity index (χ0n) is 11.4. The topological polar surface area (TPSA) is 56.0 Å². The van der Waals surface area contributed by atoms with Crippen LogP contribution in [0.5, 0.6) is 0 Å². The molecule has 0 radical (unpaired) electrons. The third kappa shape index (κ3) is 3.28. The number of carbonyl (C=O) groups is 1. The first-order valence-corrected chi connectivity index (χ1v) is 7.15. The molecule has 2 N–H and O–H groups in total. The molecule has 0 saturated heterocycles. The molecule has 0 saturated carbocycles. The van der Waals surface area contributed by atoms with Gasteiger partial charge in [-0.1, -0.05) is 23.8 Å². The first kappa shape index (κ1) is 13.9. The highest BCUT2D eigenvalue weighted by Crippen LogP contribution is 2.18. The standard InChI is InChI=1S/C15H18N2OS/c1-9-4-5-10(2)12(6-9)7-14(18)13-8-19-15(17-13)11(3)16/h4-6,8,11H,7,16H2,1-3H3. The van der Waals surface area contributed by atoms with E-state index >= 15 is 0 Å². The number of hydrogen-bond donors (Lipinski definition) is 1. The van der Waals surface area contributed by atoms with Gasteiger partial charge in [-0.3, -0.25) is 4.79 Å². The van der Waals surface area contributed by atoms with Gasteiger partial charge in [-0.15, -0.1) is 11.3 Å². The van der Waals surface area contributed by atoms with Gasteiger partial charge in [-0.2, -0.15) is 0 Å². The monoisotopic (exact) mass is 274 g/mol. The Morgan fingerprint density at radius 1 is 1.42 bits per heavy atom. The van der Waals surface area contributed by atoms with Crippen LogP contribution in [0.2, 0.25) is 0 Å². The van der Waals surface area contributed by atoms with Crippen molar-refractivity contribution in [1.29, 1.82) is 0 Å². The summed E-state index contributed by atoms with van der Waals surface area (Å²) < 4.78 is 0. The van der Waals surface area contributed by atoms with Crippen molar-refractivity contribution in [3.05, 3.63) is 51.0 Å². The number of Topliss-reactive ketones (excluding diaryl/α,β-unsaturated/α-hetero) is 1. The third-order valence-corrected chi connectivity index (χ3v) is 4.10. The Bertz CT molecular complexity index is 602. The van der Waals surface area contributed by atoms with Gasteiger partial charge in [0.25, 0.3) is 0 Å². The first-order chi connectivity index (χ1) is 8.97. The molecule has 0 bridgehead atoms. The Morgan fingerprint density at radius 3 is 2.79 bits per heavy atom. The molecule has 0 amide bonds. The van der Waals surface area contributed by atoms with Crippen molar-refractivity contribution >= 4 is 17.1 Å². The molecule has 2 rings (SSSR count). The predicted molar refractivity (Wildman–Crippen MR) is 78.7 cm³/mol. The van der Waals surface area contributed by atoms with Gasteiger partial charge in [0.15, 0.2) is 5.78 Å². The third-order valence-electron chi connectivity index (χ3n) is 3.05. The van der Waals surface area contributed by atoms with Gasteiger partial charge in [-0.25, -0.2) is 4.98 Å². The summed E-state index contributed by atoms with van der Waals surface area (Å²) in [5, 5.41) is 2.61. The van der Waals surface area contributed by atoms with E-state index in [9.17, 15) is 4.79 Å². The highest BCUT2D eigenvalue weighted by molar-refractivity contribution is 7.09. The molecule has 0 spiro atoms. The van der Waals surface area contributed by atoms with Gasteiger partial charge in [0.2, 0.25) is 0 Å². The molecule has 0 aliphatic carbocycles. The smallest absolute Gasteiger partial charge is 0.186 e. The SMILES string of the molecule is Cc1ccc(C)c(CC(=O)c2csc(C(C)N)n2)c1. The van der Waals surface area contributed by atoms with Crippen molar-refractivity contribution in [1.82, 2.24) is 4.98 Å². The number of hydrogen-bond acceptors (Lipinski definition) is 4. The van der Waals surface area contributed by atoms with E-state index in [0.717, 1.165) is 16.1 Å². The lowest BCUT2D eigenvalue weighted by atomic mass is 10.00. The highest BCUT2D eigenvalue weighted by atomic mass is 32.1. The summed E-state index contributed by atoms with van der Waals surface area (Å²) in [5.41, 5.74) is 9.67. The van der Waals surface area contributed by atoms with Crippen LogP contribution in [0.3, 0.4) is 0 Å². The van der Waals surface area contributed by atoms with Crippen molar-refractivity contribution < 1.29 is 4.79 Å². The summed E-state index contributed by atoms with van der Waals surface area (Å²) >= 11 is 1.45. The van der Waals surface area contributed by atoms with E-state index in [-0.39, 0.29) is 11.8 Å². The number of carbonyl (C=O) groups excluding carboxylic acids is 1. The summed E-state index contributed by atoms with van der Waals surface area (Å²) in [6, 6.07) is 6.05. The second kappa shape index (κ2) is 5.63. The Hall–Kier alpha value is -1.52. The van der Waals surface area contributed by atoms with Gasteiger partial charge in [0, 0.05) is 11.8 Å². The molecule has 0 aliphatic heterocycles. The van der Waals surface area contributed by atoms with Crippen molar-refractivity contribution in [3.8, 4) is 0 Å². The normalized spacial score (nSPS) is 12.4. The summed E-state index contributed by atoms with van der Waals surface area (Å²) in [7, 11) is 0. The van der Waals surface area contributed by atoms with Crippen molar-refractivity contribution in [2.45, 2.75) is 33.2 Å². The fraction of sp³-hybridized carbons (Fsp3) is 0.333. The number of rotatable bonds is 4. The lowest BCUT2D eigenvalue weighted by Gasteiger charge is -2.05. The van der Waals surface area contributed by atoms with E-state index in [1.807, 2.05) is 26.8 Å². The molecule has 1 aromatic heterocycles. The van der Waals surface area contributed by atoms with Crippen LogP contribution in [0.4, 0.5) is 0 Å². The van der Waals surface area contributed by atoms with Crippen LogP contribution in [-0.4, -0.2) is 10.8 Å². The minimum atomic E-state index is -0.118. The molecule has 100 valence electrons. The second-order valence-corrected chi connectivity index (χ2v) is 5.78. The van der Waals surface area contributed by atoms with Gasteiger partial charge >= 0.3 is 0 Å². The van der Waals surface area contributed by atoms with Crippen molar-refractivity contribution in [2.24, 2.45) is 5.73 Å². The number of nitrogens with zero attached hydrogens (tertiary/aromatic N) is 1. The molecule has 1 atom stereocenters. The quantitative estimate of drug-likeness (QED) is 0.871. The van der Waals surface area contributed by atoms with E-state index in [4.69, 9.17) is 5.73 Å². The maximum absolute atomic E-state index is 12.2. The van der Waals surface area contributed by atoms with Crippen molar-refractivity contribution in [3.63, 3.8) is 0 Å². The Labute approximate surface area is 117 Å². The number of nitrogens with two attached hydrogens (primary N) is 1. The number of aryl methyl sites for hydroxylation is 2. The fourth-order valence-corrected chi connectivity index (χ4v) is 2.66. The second-order valence-electron chi connectivity index (χ2n) is 4.89. The molecule has 0 fully saturated rings. The minimum Gasteiger partial charge on any atom is -0.322 e. The molecule has 19 heavy (non-hydrogen) atoms. The summed E-state index contributed by atoms with van der Waals surface area (Å²) in [4.78, 5) is 16.5. The largest absolute Gasteiger partial charge is 0.322 e. The maximum atomic E-state index is 12.2. The molecule has 0 aliphatic rings. The van der Waals surface area contributed by atoms with Gasteiger partial charge in [0.05, 0.1) is 6.04 Å². The van der Waals surface area contributed by atoms with Crippen molar-refractivity contribution in [2.75, 3.05) is 0 Å². The van der Waals surface area contributed by atoms with Crippen LogP contribution < -0.4 is 5.73 Å². The Kier molecular flexibility index (Phi) is 4.12. The lowest BCUT2D eigenvalue weighted by Crippen LogP contribution is -2.08. The van der Waals surface area contributed by atoms with Crippen LogP contribution in [-0.2, 0) is 6.42 Å². The maximum Gasteiger partial charge on any atom is 0.186 e. The van der Waals surface area contributed by atoms with Crippen LogP contribution in [0.15, 0.2) is 23.6 Å². The number of ketones is 1. The van der Waals surface area contributed by atoms with E-state index in [1.54, 1.807) is 5.38 Å². The van der Waals surface area contributed by atoms with Gasteiger partial charge < -0.3 is 5.73 Å². The lowest BCUT2D eigenvalue weighted by molar-refractivity contribution is 0.0988. The molecular weight excluding hydrogens is 256 g/mol. The minimum absolute atomic E-state index is 0.0526. The van der Waals surface area contributed by atoms with E-state index in [0.29, 0.717) is 12.1 Å². The average Bonchev–Trinajstić information content (AvgIpc) is 2.83. The molecule has 1 unspecified atom stereocenters. The number of aromatic nitrogens is 1. The first-order valence-electron chi connectivity index (χ1n) is 6.27. The fourth-order valence-electron chi connectivity index (χ4n) is 1.88. The summed E-state index contributed by atoms with van der Waals surface area (Å²) in [5.74, 6) is 0.0526. The molecule has 4 heteroatoms. The molecule has 3 nitrogen and oxygen atoms in total. The Morgan fingerprint density at radius 2 is 2.16 bits per heavy atom. The van der Waals surface area contributed by atoms with Gasteiger partial charge in [-0.05, 0) is 31.9 Å². The van der Waals surface area contributed by atoms with Crippen LogP contribution in [0, 0.1) is 13.8 Å². The number of benzene rings is 1. The van der Waals surface area contributed by atoms with E-state index < -0.39 is 0 Å². The predicted octanol–water partition coefficient (Wildman–Crippen LogP) is 3.21. The Balaban J connectivity index is 2.18.